The van der Waals surface area contributed by atoms with E-state index in [2.05, 4.69) is 34.6 Å². The minimum atomic E-state index is -0.381. The van der Waals surface area contributed by atoms with Gasteiger partial charge in [0.05, 0.1) is 11.3 Å². The zero-order chi connectivity index (χ0) is 19.6. The van der Waals surface area contributed by atoms with Crippen LogP contribution in [0.4, 0.5) is 0 Å². The van der Waals surface area contributed by atoms with Crippen LogP contribution in [0, 0.1) is 22.2 Å². The smallest absolute Gasteiger partial charge is 0.312 e. The standard InChI is InChI=1S/C21H36O5/c1-7-24-14-25-17(22)15-9-8-10-16(11-15)26-18(23)21(12-19(2,3)4)13-20(21,5)6/h15-16H,7-14H2,1-6H3. The van der Waals surface area contributed by atoms with Crippen LogP contribution >= 0.6 is 0 Å². The Morgan fingerprint density at radius 1 is 1.15 bits per heavy atom. The monoisotopic (exact) mass is 368 g/mol. The lowest BCUT2D eigenvalue weighted by Crippen LogP contribution is -2.35. The molecule has 2 saturated carbocycles. The highest BCUT2D eigenvalue weighted by atomic mass is 16.7. The molecule has 150 valence electrons. The van der Waals surface area contributed by atoms with Gasteiger partial charge in [-0.2, -0.15) is 0 Å². The van der Waals surface area contributed by atoms with Crippen LogP contribution in [0.25, 0.3) is 0 Å². The first-order valence-corrected chi connectivity index (χ1v) is 9.96. The van der Waals surface area contributed by atoms with E-state index in [0.29, 0.717) is 13.0 Å². The molecule has 3 atom stereocenters. The van der Waals surface area contributed by atoms with Crippen molar-refractivity contribution in [3.63, 3.8) is 0 Å². The summed E-state index contributed by atoms with van der Waals surface area (Å²) in [4.78, 5) is 25.2. The second-order valence-corrected chi connectivity index (χ2v) is 9.85. The molecule has 2 aliphatic carbocycles. The van der Waals surface area contributed by atoms with E-state index >= 15 is 0 Å². The van der Waals surface area contributed by atoms with Gasteiger partial charge in [-0.1, -0.05) is 34.6 Å². The Balaban J connectivity index is 1.93. The van der Waals surface area contributed by atoms with Crippen molar-refractivity contribution in [2.45, 2.75) is 86.2 Å². The molecular weight excluding hydrogens is 332 g/mol. The molecule has 0 aromatic rings. The summed E-state index contributed by atoms with van der Waals surface area (Å²) in [5.74, 6) is -0.520. The van der Waals surface area contributed by atoms with Gasteiger partial charge in [-0.25, -0.2) is 0 Å². The van der Waals surface area contributed by atoms with Crippen molar-refractivity contribution in [3.05, 3.63) is 0 Å². The Morgan fingerprint density at radius 3 is 2.35 bits per heavy atom. The van der Waals surface area contributed by atoms with Gasteiger partial charge in [0, 0.05) is 6.61 Å². The minimum Gasteiger partial charge on any atom is -0.462 e. The van der Waals surface area contributed by atoms with Crippen molar-refractivity contribution in [2.24, 2.45) is 22.2 Å². The highest BCUT2D eigenvalue weighted by molar-refractivity contribution is 5.82. The normalized spacial score (nSPS) is 30.5. The first-order valence-electron chi connectivity index (χ1n) is 9.96. The molecule has 0 N–H and O–H groups in total. The van der Waals surface area contributed by atoms with Crippen molar-refractivity contribution in [2.75, 3.05) is 13.4 Å². The summed E-state index contributed by atoms with van der Waals surface area (Å²) in [6.45, 7) is 13.2. The fourth-order valence-electron chi connectivity index (χ4n) is 4.37. The van der Waals surface area contributed by atoms with E-state index in [1.807, 2.05) is 6.92 Å². The molecule has 0 spiro atoms. The number of ether oxygens (including phenoxy) is 3. The van der Waals surface area contributed by atoms with Crippen LogP contribution in [-0.2, 0) is 23.8 Å². The predicted molar refractivity (Wildman–Crippen MR) is 99.3 cm³/mol. The van der Waals surface area contributed by atoms with Crippen molar-refractivity contribution in [1.82, 2.24) is 0 Å². The Labute approximate surface area is 158 Å². The van der Waals surface area contributed by atoms with Crippen molar-refractivity contribution in [1.29, 1.82) is 0 Å². The molecule has 3 unspecified atom stereocenters. The maximum Gasteiger partial charge on any atom is 0.312 e. The summed E-state index contributed by atoms with van der Waals surface area (Å²) in [7, 11) is 0. The van der Waals surface area contributed by atoms with Crippen LogP contribution < -0.4 is 0 Å². The molecule has 0 aliphatic heterocycles. The van der Waals surface area contributed by atoms with E-state index in [1.54, 1.807) is 0 Å². The Hall–Kier alpha value is -1.10. The second-order valence-electron chi connectivity index (χ2n) is 9.85. The van der Waals surface area contributed by atoms with Crippen LogP contribution in [0.1, 0.15) is 80.1 Å². The summed E-state index contributed by atoms with van der Waals surface area (Å²) < 4.78 is 16.2. The molecule has 0 bridgehead atoms. The van der Waals surface area contributed by atoms with E-state index in [0.717, 1.165) is 32.1 Å². The van der Waals surface area contributed by atoms with Gasteiger partial charge in [-0.15, -0.1) is 0 Å². The average molecular weight is 369 g/mol. The van der Waals surface area contributed by atoms with Gasteiger partial charge in [-0.3, -0.25) is 9.59 Å². The molecule has 0 heterocycles. The van der Waals surface area contributed by atoms with Gasteiger partial charge in [-0.05, 0) is 56.3 Å². The van der Waals surface area contributed by atoms with Crippen LogP contribution in [0.15, 0.2) is 0 Å². The topological polar surface area (TPSA) is 61.8 Å². The van der Waals surface area contributed by atoms with E-state index in [-0.39, 0.29) is 47.0 Å². The van der Waals surface area contributed by atoms with Crippen molar-refractivity contribution < 1.29 is 23.8 Å². The lowest BCUT2D eigenvalue weighted by molar-refractivity contribution is -0.169. The van der Waals surface area contributed by atoms with Gasteiger partial charge in [0.25, 0.3) is 0 Å². The molecule has 2 rings (SSSR count). The number of carbonyl (C=O) groups excluding carboxylic acids is 2. The molecule has 5 nitrogen and oxygen atoms in total. The maximum atomic E-state index is 13.0. The number of esters is 2. The van der Waals surface area contributed by atoms with Crippen molar-refractivity contribution in [3.8, 4) is 0 Å². The fourth-order valence-corrected chi connectivity index (χ4v) is 4.37. The molecule has 0 saturated heterocycles. The van der Waals surface area contributed by atoms with Gasteiger partial charge < -0.3 is 14.2 Å². The first-order chi connectivity index (χ1) is 12.0. The zero-order valence-corrected chi connectivity index (χ0v) is 17.4. The summed E-state index contributed by atoms with van der Waals surface area (Å²) in [6.07, 6.45) is 4.57. The highest BCUT2D eigenvalue weighted by Gasteiger charge is 2.68. The Bertz CT molecular complexity index is 519. The Kier molecular flexibility index (Phi) is 6.42. The molecule has 2 aliphatic rings. The summed E-state index contributed by atoms with van der Waals surface area (Å²) in [5.41, 5.74) is -0.319. The lowest BCUT2D eigenvalue weighted by Gasteiger charge is -2.32. The molecule has 0 aromatic heterocycles. The zero-order valence-electron chi connectivity index (χ0n) is 17.4. The van der Waals surface area contributed by atoms with Crippen LogP contribution in [0.2, 0.25) is 0 Å². The van der Waals surface area contributed by atoms with Gasteiger partial charge in [0.15, 0.2) is 6.79 Å². The highest BCUT2D eigenvalue weighted by Crippen LogP contribution is 2.68. The summed E-state index contributed by atoms with van der Waals surface area (Å²) in [5, 5.41) is 0. The van der Waals surface area contributed by atoms with Crippen molar-refractivity contribution >= 4 is 11.9 Å². The summed E-state index contributed by atoms with van der Waals surface area (Å²) in [6, 6.07) is 0. The largest absolute Gasteiger partial charge is 0.462 e. The Morgan fingerprint density at radius 2 is 1.81 bits per heavy atom. The third kappa shape index (κ3) is 4.99. The van der Waals surface area contributed by atoms with Crippen LogP contribution in [0.5, 0.6) is 0 Å². The fraction of sp³-hybridized carbons (Fsp3) is 0.905. The molecular formula is C21H36O5. The molecule has 0 aromatic carbocycles. The van der Waals surface area contributed by atoms with Gasteiger partial charge in [0.2, 0.25) is 0 Å². The van der Waals surface area contributed by atoms with Crippen LogP contribution in [0.3, 0.4) is 0 Å². The number of carbonyl (C=O) groups is 2. The minimum absolute atomic E-state index is 0.000823. The van der Waals surface area contributed by atoms with E-state index in [1.165, 1.54) is 0 Å². The van der Waals surface area contributed by atoms with Gasteiger partial charge >= 0.3 is 11.9 Å². The van der Waals surface area contributed by atoms with E-state index < -0.39 is 0 Å². The maximum absolute atomic E-state index is 13.0. The first kappa shape index (κ1) is 21.2. The quantitative estimate of drug-likeness (QED) is 0.377. The lowest BCUT2D eigenvalue weighted by atomic mass is 9.79. The third-order valence-electron chi connectivity index (χ3n) is 5.86. The number of hydrogen-bond donors (Lipinski definition) is 0. The number of rotatable bonds is 7. The summed E-state index contributed by atoms with van der Waals surface area (Å²) >= 11 is 0. The average Bonchev–Trinajstić information content (AvgIpc) is 3.07. The molecule has 5 heteroatoms. The molecule has 0 radical (unpaired) electrons. The number of hydrogen-bond acceptors (Lipinski definition) is 5. The van der Waals surface area contributed by atoms with E-state index in [4.69, 9.17) is 14.2 Å². The predicted octanol–water partition coefficient (Wildman–Crippen LogP) is 4.48. The van der Waals surface area contributed by atoms with Crippen LogP contribution in [-0.4, -0.2) is 31.4 Å². The second kappa shape index (κ2) is 7.87. The van der Waals surface area contributed by atoms with E-state index in [9.17, 15) is 9.59 Å². The molecule has 2 fully saturated rings. The SMILES string of the molecule is CCOCOC(=O)C1CCCC(OC(=O)C2(CC(C)(C)C)CC2(C)C)C1. The van der Waals surface area contributed by atoms with Gasteiger partial charge in [0.1, 0.15) is 6.10 Å². The third-order valence-corrected chi connectivity index (χ3v) is 5.86. The molecule has 0 amide bonds. The molecule has 26 heavy (non-hydrogen) atoms.